The van der Waals surface area contributed by atoms with Gasteiger partial charge in [0.15, 0.2) is 11.5 Å². The molecule has 0 atom stereocenters. The summed E-state index contributed by atoms with van der Waals surface area (Å²) in [6.45, 7) is 2.24. The van der Waals surface area contributed by atoms with Crippen LogP contribution in [0, 0.1) is 4.77 Å². The topological polar surface area (TPSA) is 113 Å². The first kappa shape index (κ1) is 15.1. The predicted molar refractivity (Wildman–Crippen MR) is 83.1 cm³/mol. The average molecular weight is 329 g/mol. The Morgan fingerprint density at radius 1 is 1.67 bits per heavy atom. The second kappa shape index (κ2) is 6.46. The first-order valence-corrected chi connectivity index (χ1v) is 6.68. The second-order valence-electron chi connectivity index (χ2n) is 3.87. The summed E-state index contributed by atoms with van der Waals surface area (Å²) in [6, 6.07) is 2.96. The fourth-order valence-electron chi connectivity index (χ4n) is 1.47. The average Bonchev–Trinajstić information content (AvgIpc) is 2.76. The molecular weight excluding hydrogens is 316 g/mol. The van der Waals surface area contributed by atoms with Gasteiger partial charge < -0.3 is 15.7 Å². The van der Waals surface area contributed by atoms with E-state index in [1.807, 2.05) is 6.92 Å². The maximum Gasteiger partial charge on any atom is 0.262 e. The van der Waals surface area contributed by atoms with Crippen LogP contribution in [0.4, 0.5) is 5.95 Å². The van der Waals surface area contributed by atoms with Crippen LogP contribution in [0.1, 0.15) is 12.5 Å². The Bertz CT molecular complexity index is 726. The molecule has 5 N–H and O–H groups in total. The second-order valence-corrected chi connectivity index (χ2v) is 4.66. The van der Waals surface area contributed by atoms with Crippen molar-refractivity contribution in [1.29, 1.82) is 0 Å². The standard InChI is InChI=1S/C11H13ClN6O2S/c1-2-20-9-3-6(7(12)4-8(9)19)5-14-15-10-16-17-11(21)18(10)13/h3-5,19H,2,13H2,1H3,(H,15,16)(H,17,21)/b14-5-. The van der Waals surface area contributed by atoms with E-state index in [2.05, 4.69) is 20.7 Å². The maximum atomic E-state index is 9.67. The van der Waals surface area contributed by atoms with Crippen LogP contribution in [0.2, 0.25) is 5.02 Å². The molecule has 0 radical (unpaired) electrons. The zero-order chi connectivity index (χ0) is 15.4. The van der Waals surface area contributed by atoms with E-state index in [-0.39, 0.29) is 16.5 Å². The molecule has 0 aliphatic heterocycles. The van der Waals surface area contributed by atoms with E-state index in [4.69, 9.17) is 34.4 Å². The highest BCUT2D eigenvalue weighted by molar-refractivity contribution is 7.71. The minimum absolute atomic E-state index is 0.0326. The number of aromatic nitrogens is 3. The minimum atomic E-state index is -0.0326. The molecule has 0 unspecified atom stereocenters. The van der Waals surface area contributed by atoms with Gasteiger partial charge in [-0.25, -0.2) is 10.5 Å². The molecule has 0 bridgehead atoms. The Morgan fingerprint density at radius 2 is 2.43 bits per heavy atom. The predicted octanol–water partition coefficient (Wildman–Crippen LogP) is 1.86. The number of H-pyrrole nitrogens is 1. The summed E-state index contributed by atoms with van der Waals surface area (Å²) in [4.78, 5) is 0. The van der Waals surface area contributed by atoms with Gasteiger partial charge in [-0.15, -0.1) is 5.10 Å². The van der Waals surface area contributed by atoms with Crippen LogP contribution >= 0.6 is 23.8 Å². The SMILES string of the molecule is CCOc1cc(/C=N\Nc2n[nH]c(=S)n2N)c(Cl)cc1O. The van der Waals surface area contributed by atoms with Crippen molar-refractivity contribution < 1.29 is 9.84 Å². The van der Waals surface area contributed by atoms with E-state index in [0.717, 1.165) is 4.68 Å². The number of halogens is 1. The van der Waals surface area contributed by atoms with Crippen molar-refractivity contribution in [1.82, 2.24) is 14.9 Å². The van der Waals surface area contributed by atoms with E-state index in [0.29, 0.717) is 22.9 Å². The largest absolute Gasteiger partial charge is 0.504 e. The van der Waals surface area contributed by atoms with Crippen molar-refractivity contribution in [2.75, 3.05) is 17.9 Å². The third kappa shape index (κ3) is 3.44. The van der Waals surface area contributed by atoms with Crippen molar-refractivity contribution in [3.05, 3.63) is 27.5 Å². The van der Waals surface area contributed by atoms with Gasteiger partial charge in [-0.1, -0.05) is 11.6 Å². The van der Waals surface area contributed by atoms with Crippen LogP contribution in [0.5, 0.6) is 11.5 Å². The Hall–Kier alpha value is -2.26. The molecule has 0 saturated heterocycles. The number of hydrazone groups is 1. The fourth-order valence-corrected chi connectivity index (χ4v) is 1.81. The number of phenolic OH excluding ortho intramolecular Hbond substituents is 1. The van der Waals surface area contributed by atoms with Crippen LogP contribution in [-0.4, -0.2) is 32.8 Å². The number of benzene rings is 1. The lowest BCUT2D eigenvalue weighted by Gasteiger charge is -2.07. The van der Waals surface area contributed by atoms with E-state index in [9.17, 15) is 5.11 Å². The fraction of sp³-hybridized carbons (Fsp3) is 0.182. The van der Waals surface area contributed by atoms with E-state index >= 15 is 0 Å². The number of nitrogens with one attached hydrogen (secondary N) is 2. The first-order chi connectivity index (χ1) is 10.0. The zero-order valence-corrected chi connectivity index (χ0v) is 12.6. The van der Waals surface area contributed by atoms with Crippen LogP contribution in [-0.2, 0) is 0 Å². The molecule has 0 saturated carbocycles. The number of nitrogens with zero attached hydrogens (tertiary/aromatic N) is 3. The van der Waals surface area contributed by atoms with E-state index < -0.39 is 0 Å². The Morgan fingerprint density at radius 3 is 3.05 bits per heavy atom. The summed E-state index contributed by atoms with van der Waals surface area (Å²) in [5.41, 5.74) is 3.17. The molecule has 8 nitrogen and oxygen atoms in total. The number of hydrogen-bond acceptors (Lipinski definition) is 7. The molecule has 0 aliphatic carbocycles. The highest BCUT2D eigenvalue weighted by Gasteiger charge is 2.07. The van der Waals surface area contributed by atoms with Gasteiger partial charge in [0.1, 0.15) is 0 Å². The molecular formula is C11H13ClN6O2S. The highest BCUT2D eigenvalue weighted by atomic mass is 35.5. The Balaban J connectivity index is 2.18. The molecule has 0 fully saturated rings. The summed E-state index contributed by atoms with van der Waals surface area (Å²) in [5, 5.41) is 20.3. The van der Waals surface area contributed by atoms with Crippen LogP contribution in [0.15, 0.2) is 17.2 Å². The lowest BCUT2D eigenvalue weighted by molar-refractivity contribution is 0.318. The molecule has 21 heavy (non-hydrogen) atoms. The summed E-state index contributed by atoms with van der Waals surface area (Å²) >= 11 is 10.9. The lowest BCUT2D eigenvalue weighted by Crippen LogP contribution is -2.11. The number of aromatic amines is 1. The van der Waals surface area contributed by atoms with E-state index in [1.165, 1.54) is 12.3 Å². The number of rotatable bonds is 5. The van der Waals surface area contributed by atoms with Gasteiger partial charge in [-0.3, -0.25) is 0 Å². The van der Waals surface area contributed by atoms with Crippen molar-refractivity contribution in [3.8, 4) is 11.5 Å². The van der Waals surface area contributed by atoms with E-state index in [1.54, 1.807) is 6.07 Å². The Labute approximate surface area is 130 Å². The van der Waals surface area contributed by atoms with Gasteiger partial charge >= 0.3 is 0 Å². The summed E-state index contributed by atoms with van der Waals surface area (Å²) < 4.78 is 6.67. The van der Waals surface area contributed by atoms with Gasteiger partial charge in [-0.05, 0) is 25.2 Å². The number of nitrogen functional groups attached to an aromatic ring is 1. The Kier molecular flexibility index (Phi) is 4.66. The molecule has 112 valence electrons. The number of ether oxygens (including phenoxy) is 1. The molecule has 2 rings (SSSR count). The smallest absolute Gasteiger partial charge is 0.262 e. The molecule has 2 aromatic rings. The van der Waals surface area contributed by atoms with Crippen molar-refractivity contribution in [2.45, 2.75) is 6.92 Å². The summed E-state index contributed by atoms with van der Waals surface area (Å²) in [7, 11) is 0. The summed E-state index contributed by atoms with van der Waals surface area (Å²) in [5.74, 6) is 6.14. The first-order valence-electron chi connectivity index (χ1n) is 5.89. The molecule has 0 aliphatic rings. The van der Waals surface area contributed by atoms with Crippen LogP contribution in [0.3, 0.4) is 0 Å². The number of aromatic hydroxyl groups is 1. The van der Waals surface area contributed by atoms with Crippen molar-refractivity contribution in [2.24, 2.45) is 5.10 Å². The quantitative estimate of drug-likeness (QED) is 0.288. The van der Waals surface area contributed by atoms with Gasteiger partial charge in [-0.2, -0.15) is 9.78 Å². The number of phenols is 1. The third-order valence-corrected chi connectivity index (χ3v) is 3.07. The van der Waals surface area contributed by atoms with Crippen molar-refractivity contribution >= 4 is 36.0 Å². The number of nitrogens with two attached hydrogens (primary N) is 1. The monoisotopic (exact) mass is 328 g/mol. The zero-order valence-electron chi connectivity index (χ0n) is 11.0. The normalized spacial score (nSPS) is 11.0. The molecule has 1 aromatic carbocycles. The minimum Gasteiger partial charge on any atom is -0.504 e. The third-order valence-electron chi connectivity index (χ3n) is 2.45. The van der Waals surface area contributed by atoms with Gasteiger partial charge in [0.05, 0.1) is 17.8 Å². The summed E-state index contributed by atoms with van der Waals surface area (Å²) in [6.07, 6.45) is 1.45. The lowest BCUT2D eigenvalue weighted by atomic mass is 10.2. The highest BCUT2D eigenvalue weighted by Crippen LogP contribution is 2.31. The van der Waals surface area contributed by atoms with Crippen LogP contribution in [0.25, 0.3) is 0 Å². The van der Waals surface area contributed by atoms with Gasteiger partial charge in [0.2, 0.25) is 4.77 Å². The van der Waals surface area contributed by atoms with Gasteiger partial charge in [0.25, 0.3) is 5.95 Å². The molecule has 10 heteroatoms. The molecule has 0 spiro atoms. The molecule has 1 aromatic heterocycles. The van der Waals surface area contributed by atoms with Crippen molar-refractivity contribution in [3.63, 3.8) is 0 Å². The molecule has 1 heterocycles. The van der Waals surface area contributed by atoms with Gasteiger partial charge in [0, 0.05) is 11.6 Å². The van der Waals surface area contributed by atoms with Crippen LogP contribution < -0.4 is 16.0 Å². The number of hydrogen-bond donors (Lipinski definition) is 4. The number of anilines is 1. The molecule has 0 amide bonds. The maximum absolute atomic E-state index is 9.67.